The molecule has 5 N–H and O–H groups in total. The van der Waals surface area contributed by atoms with Crippen molar-refractivity contribution in [2.45, 2.75) is 0 Å². The molecule has 5 heteroatoms. The topological polar surface area (TPSA) is 97.8 Å². The Kier molecular flexibility index (Phi) is 1.45. The Morgan fingerprint density at radius 1 is 1.23 bits per heavy atom. The van der Waals surface area contributed by atoms with Crippen molar-refractivity contribution < 1.29 is 0 Å². The van der Waals surface area contributed by atoms with Gasteiger partial charge in [-0.3, -0.25) is 0 Å². The van der Waals surface area contributed by atoms with Crippen molar-refractivity contribution >= 4 is 22.3 Å². The summed E-state index contributed by atoms with van der Waals surface area (Å²) in [6.45, 7) is 0. The molecule has 1 aromatic heterocycles. The molecule has 0 aliphatic carbocycles. The monoisotopic (exact) mass is 176 g/mol. The van der Waals surface area contributed by atoms with E-state index in [2.05, 4.69) is 9.97 Å². The Bertz CT molecular complexity index is 517. The molecule has 0 unspecified atom stereocenters. The third-order valence-corrected chi connectivity index (χ3v) is 1.82. The number of nitrogen functional groups attached to an aromatic ring is 2. The summed E-state index contributed by atoms with van der Waals surface area (Å²) in [7, 11) is 0. The fraction of sp³-hybridized carbons (Fsp3) is 0. The molecular formula is C8H8N4O. The second kappa shape index (κ2) is 2.48. The van der Waals surface area contributed by atoms with Gasteiger partial charge in [0.25, 0.3) is 0 Å². The number of H-pyrrole nitrogens is 1. The van der Waals surface area contributed by atoms with Crippen LogP contribution in [0, 0.1) is 0 Å². The Morgan fingerprint density at radius 3 is 2.69 bits per heavy atom. The van der Waals surface area contributed by atoms with E-state index in [4.69, 9.17) is 11.5 Å². The van der Waals surface area contributed by atoms with Gasteiger partial charge < -0.3 is 16.5 Å². The summed E-state index contributed by atoms with van der Waals surface area (Å²) < 4.78 is 0. The number of aromatic nitrogens is 2. The average molecular weight is 176 g/mol. The van der Waals surface area contributed by atoms with Crippen LogP contribution in [0.5, 0.6) is 0 Å². The minimum atomic E-state index is -0.392. The number of fused-ring (bicyclic) bond motifs is 1. The van der Waals surface area contributed by atoms with Gasteiger partial charge in [0.15, 0.2) is 0 Å². The molecule has 13 heavy (non-hydrogen) atoms. The predicted octanol–water partition coefficient (Wildman–Crippen LogP) is 0.0875. The van der Waals surface area contributed by atoms with E-state index in [1.54, 1.807) is 12.1 Å². The Labute approximate surface area is 73.4 Å². The van der Waals surface area contributed by atoms with Crippen molar-refractivity contribution in [3.8, 4) is 0 Å². The number of nitrogens with one attached hydrogen (secondary N) is 1. The molecule has 2 rings (SSSR count). The molecule has 0 spiro atoms. The minimum absolute atomic E-state index is 0.392. The molecule has 0 atom stereocenters. The normalized spacial score (nSPS) is 10.5. The van der Waals surface area contributed by atoms with Crippen LogP contribution in [0.15, 0.2) is 23.1 Å². The summed E-state index contributed by atoms with van der Waals surface area (Å²) in [5.41, 5.74) is 12.3. The van der Waals surface area contributed by atoms with Gasteiger partial charge in [0.05, 0.1) is 16.9 Å². The van der Waals surface area contributed by atoms with Crippen LogP contribution in [0.3, 0.4) is 0 Å². The van der Waals surface area contributed by atoms with Gasteiger partial charge in [-0.2, -0.15) is 0 Å². The zero-order chi connectivity index (χ0) is 9.42. The lowest BCUT2D eigenvalue weighted by Gasteiger charge is -2.01. The summed E-state index contributed by atoms with van der Waals surface area (Å²) in [5.74, 6) is 0. The highest BCUT2D eigenvalue weighted by molar-refractivity contribution is 5.87. The molecule has 0 aliphatic heterocycles. The van der Waals surface area contributed by atoms with Crippen LogP contribution in [0.25, 0.3) is 10.9 Å². The SMILES string of the molecule is Nc1cc2cnc(=O)[nH]c2cc1N. The lowest BCUT2D eigenvalue weighted by Crippen LogP contribution is -2.09. The van der Waals surface area contributed by atoms with Crippen molar-refractivity contribution in [1.29, 1.82) is 0 Å². The summed E-state index contributed by atoms with van der Waals surface area (Å²) >= 11 is 0. The van der Waals surface area contributed by atoms with Crippen molar-refractivity contribution in [2.75, 3.05) is 11.5 Å². The maximum Gasteiger partial charge on any atom is 0.345 e. The first-order valence-corrected chi connectivity index (χ1v) is 3.71. The third-order valence-electron chi connectivity index (χ3n) is 1.82. The number of anilines is 2. The first kappa shape index (κ1) is 7.60. The minimum Gasteiger partial charge on any atom is -0.397 e. The van der Waals surface area contributed by atoms with Gasteiger partial charge in [0.1, 0.15) is 0 Å². The predicted molar refractivity (Wildman–Crippen MR) is 51.2 cm³/mol. The molecule has 0 saturated carbocycles. The van der Waals surface area contributed by atoms with Gasteiger partial charge in [-0.05, 0) is 12.1 Å². The molecule has 1 aromatic carbocycles. The maximum absolute atomic E-state index is 10.8. The highest BCUT2D eigenvalue weighted by atomic mass is 16.1. The van der Waals surface area contributed by atoms with Crippen LogP contribution in [0.1, 0.15) is 0 Å². The van der Waals surface area contributed by atoms with E-state index in [9.17, 15) is 4.79 Å². The molecule has 0 amide bonds. The van der Waals surface area contributed by atoms with Crippen LogP contribution in [-0.4, -0.2) is 9.97 Å². The zero-order valence-corrected chi connectivity index (χ0v) is 6.74. The summed E-state index contributed by atoms with van der Waals surface area (Å²) in [6, 6.07) is 3.29. The quantitative estimate of drug-likeness (QED) is 0.495. The number of nitrogens with two attached hydrogens (primary N) is 2. The van der Waals surface area contributed by atoms with Crippen molar-refractivity contribution in [3.05, 3.63) is 28.8 Å². The number of hydrogen-bond donors (Lipinski definition) is 3. The van der Waals surface area contributed by atoms with Gasteiger partial charge >= 0.3 is 5.69 Å². The maximum atomic E-state index is 10.8. The van der Waals surface area contributed by atoms with Gasteiger partial charge in [0, 0.05) is 11.6 Å². The molecule has 0 fully saturated rings. The highest BCUT2D eigenvalue weighted by Gasteiger charge is 1.99. The average Bonchev–Trinajstić information content (AvgIpc) is 2.08. The van der Waals surface area contributed by atoms with E-state index >= 15 is 0 Å². The second-order valence-corrected chi connectivity index (χ2v) is 2.76. The second-order valence-electron chi connectivity index (χ2n) is 2.76. The standard InChI is InChI=1S/C8H8N4O/c9-5-1-4-3-11-8(13)12-7(4)2-6(5)10/h1-3H,9-10H2,(H,11,12,13). The number of aromatic amines is 1. The third kappa shape index (κ3) is 1.20. The fourth-order valence-corrected chi connectivity index (χ4v) is 1.14. The van der Waals surface area contributed by atoms with Crippen LogP contribution in [0.2, 0.25) is 0 Å². The number of benzene rings is 1. The molecule has 0 saturated heterocycles. The summed E-state index contributed by atoms with van der Waals surface area (Å²) in [4.78, 5) is 17.0. The molecule has 0 aliphatic rings. The molecule has 66 valence electrons. The van der Waals surface area contributed by atoms with Gasteiger partial charge in [0.2, 0.25) is 0 Å². The van der Waals surface area contributed by atoms with E-state index < -0.39 is 5.69 Å². The molecular weight excluding hydrogens is 168 g/mol. The number of hydrogen-bond acceptors (Lipinski definition) is 4. The molecule has 0 radical (unpaired) electrons. The molecule has 5 nitrogen and oxygen atoms in total. The highest BCUT2D eigenvalue weighted by Crippen LogP contribution is 2.20. The van der Waals surface area contributed by atoms with Crippen molar-refractivity contribution in [3.63, 3.8) is 0 Å². The number of nitrogens with zero attached hydrogens (tertiary/aromatic N) is 1. The van der Waals surface area contributed by atoms with Gasteiger partial charge in [-0.25, -0.2) is 9.78 Å². The van der Waals surface area contributed by atoms with E-state index in [1.807, 2.05) is 0 Å². The first-order chi connectivity index (χ1) is 6.16. The number of rotatable bonds is 0. The lowest BCUT2D eigenvalue weighted by molar-refractivity contribution is 1.12. The molecule has 0 bridgehead atoms. The van der Waals surface area contributed by atoms with Crippen LogP contribution in [-0.2, 0) is 0 Å². The molecule has 2 aromatic rings. The van der Waals surface area contributed by atoms with Gasteiger partial charge in [-0.15, -0.1) is 0 Å². The van der Waals surface area contributed by atoms with Gasteiger partial charge in [-0.1, -0.05) is 0 Å². The fourth-order valence-electron chi connectivity index (χ4n) is 1.14. The Hall–Kier alpha value is -2.04. The first-order valence-electron chi connectivity index (χ1n) is 3.71. The zero-order valence-electron chi connectivity index (χ0n) is 6.74. The summed E-state index contributed by atoms with van der Waals surface area (Å²) in [5, 5.41) is 0.770. The molecule has 1 heterocycles. The smallest absolute Gasteiger partial charge is 0.345 e. The lowest BCUT2D eigenvalue weighted by atomic mass is 10.2. The Balaban J connectivity index is 2.89. The van der Waals surface area contributed by atoms with E-state index in [-0.39, 0.29) is 0 Å². The van der Waals surface area contributed by atoms with E-state index in [0.717, 1.165) is 5.39 Å². The van der Waals surface area contributed by atoms with E-state index in [0.29, 0.717) is 16.9 Å². The van der Waals surface area contributed by atoms with E-state index in [1.165, 1.54) is 6.20 Å². The van der Waals surface area contributed by atoms with Crippen LogP contribution in [0.4, 0.5) is 11.4 Å². The largest absolute Gasteiger partial charge is 0.397 e. The Morgan fingerprint density at radius 2 is 1.92 bits per heavy atom. The summed E-state index contributed by atoms with van der Waals surface area (Å²) in [6.07, 6.45) is 1.46. The van der Waals surface area contributed by atoms with Crippen LogP contribution < -0.4 is 17.2 Å². The van der Waals surface area contributed by atoms with Crippen LogP contribution >= 0.6 is 0 Å². The van der Waals surface area contributed by atoms with Crippen molar-refractivity contribution in [2.24, 2.45) is 0 Å². The van der Waals surface area contributed by atoms with Crippen molar-refractivity contribution in [1.82, 2.24) is 9.97 Å².